The van der Waals surface area contributed by atoms with E-state index >= 15 is 0 Å². The zero-order valence-corrected chi connectivity index (χ0v) is 19.4. The molecule has 0 spiro atoms. The standard InChI is InChI=1S/C25H22N4O4S/c1-26-23(31)16-10-12-17(13-11-16)27-22(30)15-34-25-28-21-9-4-3-8-20(21)24(32)29(25)18-6-5-7-19(14-18)33-2/h3-14H,15H2,1-2H3,(H,26,31)(H,27,30). The van der Waals surface area contributed by atoms with E-state index in [0.29, 0.717) is 38.7 Å². The van der Waals surface area contributed by atoms with Crippen molar-refractivity contribution in [3.05, 3.63) is 88.7 Å². The molecule has 0 unspecified atom stereocenters. The molecule has 0 aliphatic heterocycles. The normalized spacial score (nSPS) is 10.6. The van der Waals surface area contributed by atoms with E-state index in [0.717, 1.165) is 11.8 Å². The van der Waals surface area contributed by atoms with Crippen molar-refractivity contribution in [3.63, 3.8) is 0 Å². The van der Waals surface area contributed by atoms with E-state index in [1.807, 2.05) is 6.07 Å². The van der Waals surface area contributed by atoms with Crippen molar-refractivity contribution >= 4 is 40.2 Å². The lowest BCUT2D eigenvalue weighted by Gasteiger charge is -2.14. The number of thioether (sulfide) groups is 1. The van der Waals surface area contributed by atoms with Gasteiger partial charge in [-0.2, -0.15) is 0 Å². The predicted molar refractivity (Wildman–Crippen MR) is 133 cm³/mol. The number of nitrogens with zero attached hydrogens (tertiary/aromatic N) is 2. The second kappa shape index (κ2) is 10.2. The highest BCUT2D eigenvalue weighted by Gasteiger charge is 2.15. The smallest absolute Gasteiger partial charge is 0.266 e. The minimum Gasteiger partial charge on any atom is -0.497 e. The molecule has 8 nitrogen and oxygen atoms in total. The number of methoxy groups -OCH3 is 1. The minimum absolute atomic E-state index is 0.0337. The molecule has 34 heavy (non-hydrogen) atoms. The van der Waals surface area contributed by atoms with Crippen LogP contribution in [0.5, 0.6) is 5.75 Å². The predicted octanol–water partition coefficient (Wildman–Crippen LogP) is 3.48. The van der Waals surface area contributed by atoms with Crippen molar-refractivity contribution < 1.29 is 14.3 Å². The molecular formula is C25H22N4O4S. The molecule has 0 fully saturated rings. The Bertz CT molecular complexity index is 1420. The third-order valence-electron chi connectivity index (χ3n) is 5.05. The maximum atomic E-state index is 13.3. The lowest BCUT2D eigenvalue weighted by Crippen LogP contribution is -2.23. The first-order chi connectivity index (χ1) is 16.5. The monoisotopic (exact) mass is 474 g/mol. The Kier molecular flexibility index (Phi) is 6.93. The first-order valence-corrected chi connectivity index (χ1v) is 11.4. The summed E-state index contributed by atoms with van der Waals surface area (Å²) in [5.74, 6) is 0.168. The van der Waals surface area contributed by atoms with Gasteiger partial charge in [-0.15, -0.1) is 0 Å². The Hall–Kier alpha value is -4.11. The number of para-hydroxylation sites is 1. The number of benzene rings is 3. The molecule has 9 heteroatoms. The van der Waals surface area contributed by atoms with Crippen LogP contribution in [0.4, 0.5) is 5.69 Å². The molecule has 0 bridgehead atoms. The largest absolute Gasteiger partial charge is 0.497 e. The van der Waals surface area contributed by atoms with Crippen molar-refractivity contribution in [2.24, 2.45) is 0 Å². The molecule has 2 amide bonds. The highest BCUT2D eigenvalue weighted by atomic mass is 32.2. The summed E-state index contributed by atoms with van der Waals surface area (Å²) in [6.07, 6.45) is 0. The van der Waals surface area contributed by atoms with Crippen LogP contribution in [-0.2, 0) is 4.79 Å². The van der Waals surface area contributed by atoms with Crippen LogP contribution in [-0.4, -0.2) is 41.3 Å². The number of carbonyl (C=O) groups is 2. The Balaban J connectivity index is 1.60. The summed E-state index contributed by atoms with van der Waals surface area (Å²) >= 11 is 1.16. The molecule has 0 radical (unpaired) electrons. The van der Waals surface area contributed by atoms with Gasteiger partial charge in [-0.1, -0.05) is 30.0 Å². The maximum Gasteiger partial charge on any atom is 0.266 e. The van der Waals surface area contributed by atoms with Crippen molar-refractivity contribution in [1.29, 1.82) is 0 Å². The molecule has 4 aromatic rings. The number of hydrogen-bond acceptors (Lipinski definition) is 6. The number of amides is 2. The number of nitrogens with one attached hydrogen (secondary N) is 2. The Morgan fingerprint density at radius 1 is 1.03 bits per heavy atom. The van der Waals surface area contributed by atoms with Gasteiger partial charge in [0.05, 0.1) is 29.5 Å². The molecule has 4 rings (SSSR count). The van der Waals surface area contributed by atoms with Crippen LogP contribution >= 0.6 is 11.8 Å². The van der Waals surface area contributed by atoms with Crippen molar-refractivity contribution in [1.82, 2.24) is 14.9 Å². The first kappa shape index (κ1) is 23.1. The van der Waals surface area contributed by atoms with E-state index < -0.39 is 0 Å². The van der Waals surface area contributed by atoms with Crippen molar-refractivity contribution in [2.45, 2.75) is 5.16 Å². The minimum atomic E-state index is -0.266. The molecule has 0 aliphatic rings. The second-order valence-corrected chi connectivity index (χ2v) is 8.19. The molecule has 1 aromatic heterocycles. The summed E-state index contributed by atoms with van der Waals surface area (Å²) in [5.41, 5.74) is 1.98. The van der Waals surface area contributed by atoms with Crippen LogP contribution in [0.15, 0.2) is 82.7 Å². The molecule has 0 saturated heterocycles. The third kappa shape index (κ3) is 4.94. The van der Waals surface area contributed by atoms with Gasteiger partial charge in [-0.05, 0) is 48.5 Å². The fourth-order valence-electron chi connectivity index (χ4n) is 3.36. The number of anilines is 1. The van der Waals surface area contributed by atoms with Crippen LogP contribution in [0.3, 0.4) is 0 Å². The average Bonchev–Trinajstić information content (AvgIpc) is 2.87. The molecule has 0 saturated carbocycles. The van der Waals surface area contributed by atoms with Gasteiger partial charge in [0.25, 0.3) is 11.5 Å². The molecule has 0 atom stereocenters. The molecular weight excluding hydrogens is 452 g/mol. The van der Waals surface area contributed by atoms with Gasteiger partial charge in [0.2, 0.25) is 5.91 Å². The SMILES string of the molecule is CNC(=O)c1ccc(NC(=O)CSc2nc3ccccc3c(=O)n2-c2cccc(OC)c2)cc1. The molecule has 2 N–H and O–H groups in total. The Morgan fingerprint density at radius 2 is 1.79 bits per heavy atom. The zero-order valence-electron chi connectivity index (χ0n) is 18.6. The summed E-state index contributed by atoms with van der Waals surface area (Å²) in [6.45, 7) is 0. The van der Waals surface area contributed by atoms with Gasteiger partial charge in [0.1, 0.15) is 5.75 Å². The molecule has 3 aromatic carbocycles. The summed E-state index contributed by atoms with van der Waals surface area (Å²) in [7, 11) is 3.11. The van der Waals surface area contributed by atoms with E-state index in [-0.39, 0.29) is 23.1 Å². The third-order valence-corrected chi connectivity index (χ3v) is 5.99. The van der Waals surface area contributed by atoms with Crippen molar-refractivity contribution in [3.8, 4) is 11.4 Å². The zero-order chi connectivity index (χ0) is 24.1. The van der Waals surface area contributed by atoms with Crippen LogP contribution in [0.25, 0.3) is 16.6 Å². The molecule has 1 heterocycles. The summed E-state index contributed by atoms with van der Waals surface area (Å²) in [6, 6.07) is 20.8. The fourth-order valence-corrected chi connectivity index (χ4v) is 4.18. The summed E-state index contributed by atoms with van der Waals surface area (Å²) in [5, 5.41) is 6.22. The van der Waals surface area contributed by atoms with Crippen molar-refractivity contribution in [2.75, 3.05) is 25.2 Å². The van der Waals surface area contributed by atoms with E-state index in [2.05, 4.69) is 15.6 Å². The van der Waals surface area contributed by atoms with Gasteiger partial charge in [-0.25, -0.2) is 4.98 Å². The Labute approximate surface area is 200 Å². The van der Waals surface area contributed by atoms with Crippen LogP contribution in [0.2, 0.25) is 0 Å². The highest BCUT2D eigenvalue weighted by molar-refractivity contribution is 7.99. The number of rotatable bonds is 7. The Morgan fingerprint density at radius 3 is 2.53 bits per heavy atom. The van der Waals surface area contributed by atoms with Gasteiger partial charge in [0, 0.05) is 24.4 Å². The van der Waals surface area contributed by atoms with Gasteiger partial charge < -0.3 is 15.4 Å². The molecule has 172 valence electrons. The van der Waals surface area contributed by atoms with E-state index in [9.17, 15) is 14.4 Å². The van der Waals surface area contributed by atoms with Crippen LogP contribution < -0.4 is 20.9 Å². The molecule has 0 aliphatic carbocycles. The number of ether oxygens (including phenoxy) is 1. The van der Waals surface area contributed by atoms with Gasteiger partial charge >= 0.3 is 0 Å². The van der Waals surface area contributed by atoms with E-state index in [1.54, 1.807) is 80.9 Å². The average molecular weight is 475 g/mol. The number of carbonyl (C=O) groups excluding carboxylic acids is 2. The van der Waals surface area contributed by atoms with Gasteiger partial charge in [-0.3, -0.25) is 19.0 Å². The highest BCUT2D eigenvalue weighted by Crippen LogP contribution is 2.24. The summed E-state index contributed by atoms with van der Waals surface area (Å²) in [4.78, 5) is 42.3. The first-order valence-electron chi connectivity index (χ1n) is 10.4. The van der Waals surface area contributed by atoms with Gasteiger partial charge in [0.15, 0.2) is 5.16 Å². The van der Waals surface area contributed by atoms with Crippen LogP contribution in [0.1, 0.15) is 10.4 Å². The second-order valence-electron chi connectivity index (χ2n) is 7.25. The number of fused-ring (bicyclic) bond motifs is 1. The lowest BCUT2D eigenvalue weighted by atomic mass is 10.2. The lowest BCUT2D eigenvalue weighted by molar-refractivity contribution is -0.113. The van der Waals surface area contributed by atoms with Crippen LogP contribution in [0, 0.1) is 0 Å². The quantitative estimate of drug-likeness (QED) is 0.314. The van der Waals surface area contributed by atoms with E-state index in [1.165, 1.54) is 4.57 Å². The fraction of sp³-hybridized carbons (Fsp3) is 0.120. The number of hydrogen-bond donors (Lipinski definition) is 2. The number of aromatic nitrogens is 2. The van der Waals surface area contributed by atoms with E-state index in [4.69, 9.17) is 4.74 Å². The summed E-state index contributed by atoms with van der Waals surface area (Å²) < 4.78 is 6.79. The maximum absolute atomic E-state index is 13.3. The topological polar surface area (TPSA) is 102 Å².